The molecule has 0 unspecified atom stereocenters. The second kappa shape index (κ2) is 10.1. The van der Waals surface area contributed by atoms with Gasteiger partial charge in [0, 0.05) is 0 Å². The Hall–Kier alpha value is -4.42. The highest BCUT2D eigenvalue weighted by Crippen LogP contribution is 2.30. The van der Waals surface area contributed by atoms with E-state index >= 15 is 0 Å². The van der Waals surface area contributed by atoms with Crippen molar-refractivity contribution in [2.24, 2.45) is 0 Å². The van der Waals surface area contributed by atoms with Gasteiger partial charge in [0.05, 0.1) is 0 Å². The van der Waals surface area contributed by atoms with Gasteiger partial charge in [-0.25, -0.2) is 0 Å². The third kappa shape index (κ3) is 4.46. The molecule has 0 aromatic heterocycles. The predicted molar refractivity (Wildman–Crippen MR) is 157 cm³/mol. The van der Waals surface area contributed by atoms with Crippen molar-refractivity contribution in [3.05, 3.63) is 157 Å². The fourth-order valence-corrected chi connectivity index (χ4v) is 5.28. The fourth-order valence-electron chi connectivity index (χ4n) is 5.28. The Labute approximate surface area is 212 Å². The first kappa shape index (κ1) is 22.1. The van der Waals surface area contributed by atoms with Crippen LogP contribution in [0.15, 0.2) is 146 Å². The molecule has 0 heterocycles. The van der Waals surface area contributed by atoms with Crippen LogP contribution in [0.3, 0.4) is 0 Å². The molecular formula is C36H28. The van der Waals surface area contributed by atoms with E-state index in [1.165, 1.54) is 67.1 Å². The van der Waals surface area contributed by atoms with E-state index in [4.69, 9.17) is 0 Å². The summed E-state index contributed by atoms with van der Waals surface area (Å²) >= 11 is 0. The van der Waals surface area contributed by atoms with Gasteiger partial charge in [0.15, 0.2) is 0 Å². The summed E-state index contributed by atoms with van der Waals surface area (Å²) < 4.78 is 0. The van der Waals surface area contributed by atoms with Gasteiger partial charge in [0.2, 0.25) is 0 Å². The molecule has 7 aromatic rings. The summed E-state index contributed by atoms with van der Waals surface area (Å²) in [6.45, 7) is 0. The molecule has 0 amide bonds. The van der Waals surface area contributed by atoms with Crippen LogP contribution in [-0.4, -0.2) is 0 Å². The number of fused-ring (bicyclic) bond motifs is 4. The zero-order valence-corrected chi connectivity index (χ0v) is 20.3. The molecule has 0 heteroatoms. The Bertz CT molecular complexity index is 1630. The van der Waals surface area contributed by atoms with Gasteiger partial charge < -0.3 is 0 Å². The average Bonchev–Trinajstić information content (AvgIpc) is 3.39. The minimum atomic E-state index is 1.23. The molecule has 0 N–H and O–H groups in total. The van der Waals surface area contributed by atoms with Crippen LogP contribution in [0, 0.1) is 0 Å². The van der Waals surface area contributed by atoms with Gasteiger partial charge in [-0.3, -0.25) is 0 Å². The Morgan fingerprint density at radius 1 is 0.278 bits per heavy atom. The molecule has 0 spiro atoms. The number of benzene rings is 7. The molecule has 0 fully saturated rings. The van der Waals surface area contributed by atoms with Gasteiger partial charge in [0.25, 0.3) is 0 Å². The largest absolute Gasteiger partial charge is 0.0616 e. The molecular weight excluding hydrogens is 432 g/mol. The van der Waals surface area contributed by atoms with E-state index in [2.05, 4.69) is 146 Å². The Morgan fingerprint density at radius 2 is 0.639 bits per heavy atom. The second-order valence-electron chi connectivity index (χ2n) is 9.29. The number of rotatable bonds is 0. The number of hydrogen-bond donors (Lipinski definition) is 0. The number of hydrogen-bond acceptors (Lipinski definition) is 0. The maximum Gasteiger partial charge on any atom is -0.0105 e. The Morgan fingerprint density at radius 3 is 1.08 bits per heavy atom. The standard InChI is InChI=1S/C14H10.C12H10.C10H8/c1-3-7-13-11(5-1)9-10-12-6-2-4-8-14(12)13;1-3-9-4-2-6-11-8-7-10(5-1)12(9)11;1-2-6-10-8-4-3-7-9(10)5-1/h1-10H;1-6H,7-8H2;1-8H. The zero-order chi connectivity index (χ0) is 24.2. The maximum absolute atomic E-state index is 2.25. The molecule has 1 aliphatic rings. The smallest absolute Gasteiger partial charge is 0.0105 e. The summed E-state index contributed by atoms with van der Waals surface area (Å²) in [7, 11) is 0. The van der Waals surface area contributed by atoms with E-state index in [-0.39, 0.29) is 0 Å². The third-order valence-electron chi connectivity index (χ3n) is 7.05. The summed E-state index contributed by atoms with van der Waals surface area (Å²) in [5, 5.41) is 10.8. The van der Waals surface area contributed by atoms with Crippen molar-refractivity contribution in [2.45, 2.75) is 12.8 Å². The van der Waals surface area contributed by atoms with Crippen LogP contribution in [0.2, 0.25) is 0 Å². The summed E-state index contributed by atoms with van der Waals surface area (Å²) in [5.74, 6) is 0. The van der Waals surface area contributed by atoms with Gasteiger partial charge in [-0.1, -0.05) is 146 Å². The molecule has 0 saturated carbocycles. The normalized spacial score (nSPS) is 11.7. The highest BCUT2D eigenvalue weighted by molar-refractivity contribution is 6.07. The van der Waals surface area contributed by atoms with Gasteiger partial charge in [-0.15, -0.1) is 0 Å². The molecule has 7 aromatic carbocycles. The second-order valence-corrected chi connectivity index (χ2v) is 9.29. The van der Waals surface area contributed by atoms with Gasteiger partial charge in [0.1, 0.15) is 0 Å². The van der Waals surface area contributed by atoms with E-state index in [1.807, 2.05) is 0 Å². The van der Waals surface area contributed by atoms with Crippen molar-refractivity contribution < 1.29 is 0 Å². The van der Waals surface area contributed by atoms with Crippen LogP contribution in [0.5, 0.6) is 0 Å². The lowest BCUT2D eigenvalue weighted by molar-refractivity contribution is 1.02. The molecule has 1 aliphatic carbocycles. The third-order valence-corrected chi connectivity index (χ3v) is 7.05. The highest BCUT2D eigenvalue weighted by atomic mass is 14.2. The first-order valence-electron chi connectivity index (χ1n) is 12.7. The van der Waals surface area contributed by atoms with E-state index in [1.54, 1.807) is 0 Å². The van der Waals surface area contributed by atoms with Gasteiger partial charge >= 0.3 is 0 Å². The summed E-state index contributed by atoms with van der Waals surface area (Å²) in [4.78, 5) is 0. The topological polar surface area (TPSA) is 0 Å². The van der Waals surface area contributed by atoms with Crippen molar-refractivity contribution in [2.75, 3.05) is 0 Å². The Kier molecular flexibility index (Phi) is 6.17. The van der Waals surface area contributed by atoms with Crippen LogP contribution in [0.25, 0.3) is 43.1 Å². The summed E-state index contributed by atoms with van der Waals surface area (Å²) in [6.07, 6.45) is 2.47. The molecule has 0 atom stereocenters. The molecule has 0 aliphatic heterocycles. The van der Waals surface area contributed by atoms with Gasteiger partial charge in [-0.05, 0) is 67.1 Å². The van der Waals surface area contributed by atoms with Crippen LogP contribution in [0.4, 0.5) is 0 Å². The van der Waals surface area contributed by atoms with Crippen molar-refractivity contribution in [3.8, 4) is 0 Å². The summed E-state index contributed by atoms with van der Waals surface area (Å²) in [6, 6.07) is 51.3. The van der Waals surface area contributed by atoms with E-state index < -0.39 is 0 Å². The lowest BCUT2D eigenvalue weighted by atomic mass is 10.0. The fraction of sp³-hybridized carbons (Fsp3) is 0.0556. The van der Waals surface area contributed by atoms with E-state index in [0.717, 1.165) is 0 Å². The van der Waals surface area contributed by atoms with Crippen molar-refractivity contribution >= 4 is 43.1 Å². The van der Waals surface area contributed by atoms with Gasteiger partial charge in [-0.2, -0.15) is 0 Å². The van der Waals surface area contributed by atoms with Crippen molar-refractivity contribution in [1.82, 2.24) is 0 Å². The first-order chi connectivity index (χ1) is 17.9. The molecule has 0 radical (unpaired) electrons. The summed E-state index contributed by atoms with van der Waals surface area (Å²) in [5.41, 5.74) is 3.06. The van der Waals surface area contributed by atoms with Crippen LogP contribution in [-0.2, 0) is 12.8 Å². The molecule has 8 rings (SSSR count). The van der Waals surface area contributed by atoms with Crippen LogP contribution in [0.1, 0.15) is 11.1 Å². The monoisotopic (exact) mass is 460 g/mol. The molecule has 0 saturated heterocycles. The lowest BCUT2D eigenvalue weighted by Gasteiger charge is -2.02. The average molecular weight is 461 g/mol. The van der Waals surface area contributed by atoms with Crippen molar-refractivity contribution in [3.63, 3.8) is 0 Å². The molecule has 0 bridgehead atoms. The minimum Gasteiger partial charge on any atom is -0.0616 e. The van der Waals surface area contributed by atoms with E-state index in [0.29, 0.717) is 0 Å². The van der Waals surface area contributed by atoms with Crippen LogP contribution >= 0.6 is 0 Å². The quantitative estimate of drug-likeness (QED) is 0.198. The SMILES string of the molecule is c1cc2c3c(cccc3c1)CC2.c1ccc2c(c1)ccc1ccccc12.c1ccc2ccccc2c1. The molecule has 36 heavy (non-hydrogen) atoms. The van der Waals surface area contributed by atoms with Crippen molar-refractivity contribution in [1.29, 1.82) is 0 Å². The number of aryl methyl sites for hydroxylation is 2. The molecule has 0 nitrogen and oxygen atoms in total. The maximum atomic E-state index is 2.25. The lowest BCUT2D eigenvalue weighted by Crippen LogP contribution is -1.76. The van der Waals surface area contributed by atoms with E-state index in [9.17, 15) is 0 Å². The zero-order valence-electron chi connectivity index (χ0n) is 20.3. The minimum absolute atomic E-state index is 1.23. The van der Waals surface area contributed by atoms with Crippen LogP contribution < -0.4 is 0 Å². The highest BCUT2D eigenvalue weighted by Gasteiger charge is 2.12. The predicted octanol–water partition coefficient (Wildman–Crippen LogP) is 9.77. The first-order valence-corrected chi connectivity index (χ1v) is 12.7. The Balaban J connectivity index is 0.000000102. The molecule has 172 valence electrons.